The SMILES string of the molecule is O=C1CC[C@H]2C[C@@](C(=O)NCc3cccs3)(c3ccccc3)CN12. The van der Waals surface area contributed by atoms with Gasteiger partial charge in [0.2, 0.25) is 11.8 Å². The van der Waals surface area contributed by atoms with Crippen molar-refractivity contribution in [1.29, 1.82) is 0 Å². The van der Waals surface area contributed by atoms with Gasteiger partial charge in [-0.2, -0.15) is 0 Å². The molecular formula is C19H20N2O2S. The fraction of sp³-hybridized carbons (Fsp3) is 0.368. The molecule has 4 nitrogen and oxygen atoms in total. The summed E-state index contributed by atoms with van der Waals surface area (Å²) in [5, 5.41) is 5.12. The van der Waals surface area contributed by atoms with Gasteiger partial charge in [-0.15, -0.1) is 11.3 Å². The predicted octanol–water partition coefficient (Wildman–Crippen LogP) is 2.70. The molecule has 1 N–H and O–H groups in total. The van der Waals surface area contributed by atoms with Crippen molar-refractivity contribution in [3.8, 4) is 0 Å². The molecular weight excluding hydrogens is 320 g/mol. The minimum absolute atomic E-state index is 0.0318. The lowest BCUT2D eigenvalue weighted by Gasteiger charge is -2.28. The molecule has 4 rings (SSSR count). The van der Waals surface area contributed by atoms with Crippen LogP contribution in [0.5, 0.6) is 0 Å². The largest absolute Gasteiger partial charge is 0.350 e. The average molecular weight is 340 g/mol. The van der Waals surface area contributed by atoms with Crippen molar-refractivity contribution in [3.63, 3.8) is 0 Å². The maximum atomic E-state index is 13.2. The second-order valence-corrected chi connectivity index (χ2v) is 7.66. The van der Waals surface area contributed by atoms with Crippen LogP contribution in [-0.4, -0.2) is 29.3 Å². The van der Waals surface area contributed by atoms with Gasteiger partial charge >= 0.3 is 0 Å². The van der Waals surface area contributed by atoms with Crippen LogP contribution in [0.15, 0.2) is 47.8 Å². The highest BCUT2D eigenvalue weighted by molar-refractivity contribution is 7.09. The van der Waals surface area contributed by atoms with Gasteiger partial charge in [0.25, 0.3) is 0 Å². The molecule has 2 aliphatic rings. The van der Waals surface area contributed by atoms with Crippen LogP contribution in [-0.2, 0) is 21.5 Å². The lowest BCUT2D eigenvalue weighted by Crippen LogP contribution is -2.46. The minimum atomic E-state index is -0.626. The van der Waals surface area contributed by atoms with E-state index in [-0.39, 0.29) is 17.9 Å². The van der Waals surface area contributed by atoms with Crippen LogP contribution in [0.25, 0.3) is 0 Å². The molecule has 2 atom stereocenters. The standard InChI is InChI=1S/C19H20N2O2S/c22-17-9-8-15-11-19(13-21(15)17,14-5-2-1-3-6-14)18(23)20-12-16-7-4-10-24-16/h1-7,10,15H,8-9,11-13H2,(H,20,23)/t15-,19-/m0/s1. The summed E-state index contributed by atoms with van der Waals surface area (Å²) in [5.74, 6) is 0.216. The maximum Gasteiger partial charge on any atom is 0.232 e. The highest BCUT2D eigenvalue weighted by Gasteiger charge is 2.53. The van der Waals surface area contributed by atoms with Gasteiger partial charge in [-0.1, -0.05) is 36.4 Å². The van der Waals surface area contributed by atoms with Crippen LogP contribution in [0.3, 0.4) is 0 Å². The van der Waals surface area contributed by atoms with Crippen molar-refractivity contribution in [2.24, 2.45) is 0 Å². The van der Waals surface area contributed by atoms with Crippen molar-refractivity contribution >= 4 is 23.2 Å². The molecule has 5 heteroatoms. The number of hydrogen-bond donors (Lipinski definition) is 1. The van der Waals surface area contributed by atoms with Crippen molar-refractivity contribution in [1.82, 2.24) is 10.2 Å². The Morgan fingerprint density at radius 3 is 2.79 bits per heavy atom. The molecule has 2 aliphatic heterocycles. The molecule has 124 valence electrons. The highest BCUT2D eigenvalue weighted by atomic mass is 32.1. The monoisotopic (exact) mass is 340 g/mol. The first-order chi connectivity index (χ1) is 11.7. The molecule has 0 saturated carbocycles. The molecule has 24 heavy (non-hydrogen) atoms. The molecule has 3 heterocycles. The molecule has 0 bridgehead atoms. The van der Waals surface area contributed by atoms with Crippen LogP contribution in [0.4, 0.5) is 0 Å². The zero-order valence-corrected chi connectivity index (χ0v) is 14.2. The summed E-state index contributed by atoms with van der Waals surface area (Å²) >= 11 is 1.64. The first-order valence-corrected chi connectivity index (χ1v) is 9.23. The van der Waals surface area contributed by atoms with Gasteiger partial charge in [0.15, 0.2) is 0 Å². The summed E-state index contributed by atoms with van der Waals surface area (Å²) in [6.45, 7) is 1.04. The Hall–Kier alpha value is -2.14. The summed E-state index contributed by atoms with van der Waals surface area (Å²) in [7, 11) is 0. The van der Waals surface area contributed by atoms with E-state index in [4.69, 9.17) is 0 Å². The van der Waals surface area contributed by atoms with Gasteiger partial charge in [0.1, 0.15) is 0 Å². The third-order valence-electron chi connectivity index (χ3n) is 5.24. The fourth-order valence-corrected chi connectivity index (χ4v) is 4.64. The predicted molar refractivity (Wildman–Crippen MR) is 93.6 cm³/mol. The summed E-state index contributed by atoms with van der Waals surface area (Å²) < 4.78 is 0. The number of fused-ring (bicyclic) bond motifs is 1. The molecule has 2 amide bonds. The summed E-state index contributed by atoms with van der Waals surface area (Å²) in [6.07, 6.45) is 2.21. The number of carbonyl (C=O) groups excluding carboxylic acids is 2. The van der Waals surface area contributed by atoms with E-state index in [1.165, 1.54) is 0 Å². The molecule has 1 aromatic heterocycles. The van der Waals surface area contributed by atoms with E-state index in [1.807, 2.05) is 52.7 Å². The zero-order valence-electron chi connectivity index (χ0n) is 13.4. The van der Waals surface area contributed by atoms with Gasteiger partial charge in [-0.3, -0.25) is 9.59 Å². The number of benzene rings is 1. The molecule has 0 radical (unpaired) electrons. The third-order valence-corrected chi connectivity index (χ3v) is 6.12. The first-order valence-electron chi connectivity index (χ1n) is 8.35. The quantitative estimate of drug-likeness (QED) is 0.930. The Morgan fingerprint density at radius 2 is 2.08 bits per heavy atom. The number of amides is 2. The molecule has 0 aliphatic carbocycles. The van der Waals surface area contributed by atoms with E-state index in [0.29, 0.717) is 19.5 Å². The number of carbonyl (C=O) groups is 2. The molecule has 1 aromatic carbocycles. The van der Waals surface area contributed by atoms with Gasteiger partial charge < -0.3 is 10.2 Å². The van der Waals surface area contributed by atoms with Gasteiger partial charge in [0, 0.05) is 23.9 Å². The number of rotatable bonds is 4. The van der Waals surface area contributed by atoms with Crippen molar-refractivity contribution < 1.29 is 9.59 Å². The average Bonchev–Trinajstić information content (AvgIpc) is 3.32. The van der Waals surface area contributed by atoms with Crippen LogP contribution < -0.4 is 5.32 Å². The second kappa shape index (κ2) is 6.06. The molecule has 2 saturated heterocycles. The van der Waals surface area contributed by atoms with Gasteiger partial charge in [-0.25, -0.2) is 0 Å². The molecule has 0 spiro atoms. The van der Waals surface area contributed by atoms with E-state index in [1.54, 1.807) is 11.3 Å². The zero-order chi connectivity index (χ0) is 16.6. The summed E-state index contributed by atoms with van der Waals surface area (Å²) in [4.78, 5) is 28.3. The minimum Gasteiger partial charge on any atom is -0.350 e. The number of thiophene rings is 1. The number of hydrogen-bond acceptors (Lipinski definition) is 3. The van der Waals surface area contributed by atoms with Crippen LogP contribution in [0, 0.1) is 0 Å². The van der Waals surface area contributed by atoms with E-state index >= 15 is 0 Å². The van der Waals surface area contributed by atoms with Crippen LogP contribution >= 0.6 is 11.3 Å². The highest BCUT2D eigenvalue weighted by Crippen LogP contribution is 2.43. The fourth-order valence-electron chi connectivity index (χ4n) is 3.99. The molecule has 2 fully saturated rings. The molecule has 2 aromatic rings. The lowest BCUT2D eigenvalue weighted by molar-refractivity contribution is -0.129. The second-order valence-electron chi connectivity index (χ2n) is 6.63. The Labute approximate surface area is 145 Å². The smallest absolute Gasteiger partial charge is 0.232 e. The van der Waals surface area contributed by atoms with E-state index in [2.05, 4.69) is 5.32 Å². The van der Waals surface area contributed by atoms with Crippen LogP contribution in [0.2, 0.25) is 0 Å². The normalized spacial score (nSPS) is 25.8. The third kappa shape index (κ3) is 2.53. The van der Waals surface area contributed by atoms with Crippen molar-refractivity contribution in [2.45, 2.75) is 37.3 Å². The van der Waals surface area contributed by atoms with E-state index in [9.17, 15) is 9.59 Å². The van der Waals surface area contributed by atoms with Gasteiger partial charge in [-0.05, 0) is 29.9 Å². The summed E-state index contributed by atoms with van der Waals surface area (Å²) in [6, 6.07) is 14.1. The Kier molecular flexibility index (Phi) is 3.88. The van der Waals surface area contributed by atoms with Crippen molar-refractivity contribution in [2.75, 3.05) is 6.54 Å². The van der Waals surface area contributed by atoms with E-state index < -0.39 is 5.41 Å². The van der Waals surface area contributed by atoms with Gasteiger partial charge in [0.05, 0.1) is 12.0 Å². The van der Waals surface area contributed by atoms with E-state index in [0.717, 1.165) is 23.3 Å². The Bertz CT molecular complexity index is 744. The number of nitrogens with one attached hydrogen (secondary N) is 1. The number of nitrogens with zero attached hydrogens (tertiary/aromatic N) is 1. The Morgan fingerprint density at radius 1 is 1.25 bits per heavy atom. The maximum absolute atomic E-state index is 13.2. The summed E-state index contributed by atoms with van der Waals surface area (Å²) in [5.41, 5.74) is 0.384. The van der Waals surface area contributed by atoms with Crippen LogP contribution in [0.1, 0.15) is 29.7 Å². The molecule has 0 unspecified atom stereocenters. The first kappa shape index (κ1) is 15.4. The lowest BCUT2D eigenvalue weighted by atomic mass is 9.77. The Balaban J connectivity index is 1.62. The van der Waals surface area contributed by atoms with Crippen molar-refractivity contribution in [3.05, 3.63) is 58.3 Å². The topological polar surface area (TPSA) is 49.4 Å².